The van der Waals surface area contributed by atoms with Crippen LogP contribution in [0, 0.1) is 11.3 Å². The molecule has 0 aliphatic rings. The number of benzene rings is 1. The van der Waals surface area contributed by atoms with Crippen molar-refractivity contribution in [1.29, 1.82) is 5.26 Å². The molecule has 1 rings (SSSR count). The van der Waals surface area contributed by atoms with Gasteiger partial charge in [0.05, 0.1) is 10.5 Å². The lowest BCUT2D eigenvalue weighted by Gasteiger charge is -2.00. The van der Waals surface area contributed by atoms with E-state index in [-0.39, 0.29) is 16.2 Å². The maximum absolute atomic E-state index is 11.1. The Kier molecular flexibility index (Phi) is 2.26. The van der Waals surface area contributed by atoms with Gasteiger partial charge in [0.1, 0.15) is 11.8 Å². The second-order valence-corrected chi connectivity index (χ2v) is 4.55. The highest BCUT2D eigenvalue weighted by Gasteiger charge is 2.12. The van der Waals surface area contributed by atoms with E-state index in [9.17, 15) is 8.42 Å². The van der Waals surface area contributed by atoms with Crippen molar-refractivity contribution in [2.24, 2.45) is 0 Å². The number of hydrogen-bond donors (Lipinski definition) is 1. The molecule has 0 aliphatic heterocycles. The number of sulfone groups is 1. The summed E-state index contributed by atoms with van der Waals surface area (Å²) in [6.07, 6.45) is 1.01. The molecule has 0 radical (unpaired) electrons. The predicted molar refractivity (Wildman–Crippen MR) is 45.9 cm³/mol. The van der Waals surface area contributed by atoms with E-state index < -0.39 is 9.84 Å². The number of rotatable bonds is 1. The minimum atomic E-state index is -3.40. The van der Waals surface area contributed by atoms with Crippen LogP contribution in [0.3, 0.4) is 0 Å². The molecule has 5 heteroatoms. The Morgan fingerprint density at radius 1 is 1.46 bits per heavy atom. The molecule has 1 N–H and O–H groups in total. The largest absolute Gasteiger partial charge is 0.508 e. The molecule has 1 aromatic carbocycles. The number of nitriles is 1. The average molecular weight is 197 g/mol. The highest BCUT2D eigenvalue weighted by atomic mass is 32.2. The molecule has 0 saturated heterocycles. The molecular weight excluding hydrogens is 190 g/mol. The molecule has 0 bridgehead atoms. The van der Waals surface area contributed by atoms with Crippen LogP contribution in [0.4, 0.5) is 0 Å². The van der Waals surface area contributed by atoms with Gasteiger partial charge in [-0.2, -0.15) is 5.26 Å². The molecule has 0 aromatic heterocycles. The van der Waals surface area contributed by atoms with Crippen LogP contribution in [-0.4, -0.2) is 19.8 Å². The molecule has 0 aliphatic carbocycles. The molecule has 0 atom stereocenters. The van der Waals surface area contributed by atoms with Crippen LogP contribution in [0.2, 0.25) is 0 Å². The van der Waals surface area contributed by atoms with Crippen LogP contribution in [0.25, 0.3) is 0 Å². The molecule has 0 saturated carbocycles. The van der Waals surface area contributed by atoms with E-state index in [1.165, 1.54) is 12.1 Å². The first-order chi connectivity index (χ1) is 5.95. The predicted octanol–water partition coefficient (Wildman–Crippen LogP) is 0.667. The Morgan fingerprint density at radius 2 is 2.08 bits per heavy atom. The van der Waals surface area contributed by atoms with Gasteiger partial charge in [0.15, 0.2) is 9.84 Å². The Labute approximate surface area is 76.0 Å². The summed E-state index contributed by atoms with van der Waals surface area (Å²) >= 11 is 0. The normalized spacial score (nSPS) is 10.8. The maximum Gasteiger partial charge on any atom is 0.176 e. The Morgan fingerprint density at radius 3 is 2.54 bits per heavy atom. The van der Waals surface area contributed by atoms with E-state index in [0.29, 0.717) is 0 Å². The molecule has 0 fully saturated rings. The number of phenols is 1. The lowest BCUT2D eigenvalue weighted by molar-refractivity contribution is 0.474. The Bertz CT molecular complexity index is 471. The van der Waals surface area contributed by atoms with E-state index in [1.54, 1.807) is 6.07 Å². The monoisotopic (exact) mass is 197 g/mol. The number of hydrogen-bond acceptors (Lipinski definition) is 4. The summed E-state index contributed by atoms with van der Waals surface area (Å²) in [6.45, 7) is 0. The fraction of sp³-hybridized carbons (Fsp3) is 0.125. The zero-order valence-corrected chi connectivity index (χ0v) is 7.67. The zero-order chi connectivity index (χ0) is 10.1. The highest BCUT2D eigenvalue weighted by Crippen LogP contribution is 2.19. The Hall–Kier alpha value is -1.54. The topological polar surface area (TPSA) is 78.2 Å². The molecule has 0 unspecified atom stereocenters. The maximum atomic E-state index is 11.1. The summed E-state index contributed by atoms with van der Waals surface area (Å²) in [7, 11) is -3.40. The van der Waals surface area contributed by atoms with E-state index >= 15 is 0 Å². The van der Waals surface area contributed by atoms with Gasteiger partial charge in [-0.05, 0) is 18.2 Å². The molecule has 0 heterocycles. The van der Waals surface area contributed by atoms with Gasteiger partial charge in [0, 0.05) is 6.26 Å². The molecule has 0 spiro atoms. The number of phenolic OH excluding ortho intramolecular Hbond substituents is 1. The summed E-state index contributed by atoms with van der Waals surface area (Å²) in [5, 5.41) is 17.6. The van der Waals surface area contributed by atoms with Gasteiger partial charge in [-0.1, -0.05) is 0 Å². The van der Waals surface area contributed by atoms with Crippen molar-refractivity contribution in [3.05, 3.63) is 23.8 Å². The molecule has 13 heavy (non-hydrogen) atoms. The second kappa shape index (κ2) is 3.07. The smallest absolute Gasteiger partial charge is 0.176 e. The quantitative estimate of drug-likeness (QED) is 0.717. The van der Waals surface area contributed by atoms with Crippen LogP contribution in [-0.2, 0) is 9.84 Å². The van der Waals surface area contributed by atoms with E-state index in [0.717, 1.165) is 12.3 Å². The van der Waals surface area contributed by atoms with Gasteiger partial charge >= 0.3 is 0 Å². The average Bonchev–Trinajstić information content (AvgIpc) is 2.01. The van der Waals surface area contributed by atoms with Crippen LogP contribution >= 0.6 is 0 Å². The molecule has 1 aromatic rings. The summed E-state index contributed by atoms with van der Waals surface area (Å²) in [5.74, 6) is -0.121. The lowest BCUT2D eigenvalue weighted by atomic mass is 10.2. The number of nitrogens with zero attached hydrogens (tertiary/aromatic N) is 1. The van der Waals surface area contributed by atoms with Crippen molar-refractivity contribution in [3.8, 4) is 11.8 Å². The zero-order valence-electron chi connectivity index (χ0n) is 6.85. The molecule has 4 nitrogen and oxygen atoms in total. The highest BCUT2D eigenvalue weighted by molar-refractivity contribution is 7.90. The van der Waals surface area contributed by atoms with E-state index in [4.69, 9.17) is 10.4 Å². The fourth-order valence-corrected chi connectivity index (χ4v) is 1.75. The van der Waals surface area contributed by atoms with Crippen molar-refractivity contribution in [3.63, 3.8) is 0 Å². The third-order valence-corrected chi connectivity index (χ3v) is 2.64. The third kappa shape index (κ3) is 1.98. The minimum Gasteiger partial charge on any atom is -0.508 e. The van der Waals surface area contributed by atoms with Crippen LogP contribution < -0.4 is 0 Å². The van der Waals surface area contributed by atoms with Crippen molar-refractivity contribution in [1.82, 2.24) is 0 Å². The van der Waals surface area contributed by atoms with Crippen molar-refractivity contribution < 1.29 is 13.5 Å². The molecule has 68 valence electrons. The van der Waals surface area contributed by atoms with E-state index in [2.05, 4.69) is 0 Å². The standard InChI is InChI=1S/C8H7NO3S/c1-13(11,12)8-3-2-7(10)4-6(8)5-9/h2-4,10H,1H3. The Balaban J connectivity index is 3.50. The van der Waals surface area contributed by atoms with Crippen molar-refractivity contribution in [2.75, 3.05) is 6.26 Å². The third-order valence-electron chi connectivity index (χ3n) is 1.48. The summed E-state index contributed by atoms with van der Waals surface area (Å²) in [4.78, 5) is -0.0622. The van der Waals surface area contributed by atoms with Crippen LogP contribution in [0.15, 0.2) is 23.1 Å². The van der Waals surface area contributed by atoms with Gasteiger partial charge in [-0.25, -0.2) is 8.42 Å². The minimum absolute atomic E-state index is 0.0394. The van der Waals surface area contributed by atoms with Gasteiger partial charge in [0.2, 0.25) is 0 Å². The van der Waals surface area contributed by atoms with E-state index in [1.807, 2.05) is 0 Å². The fourth-order valence-electron chi connectivity index (χ4n) is 0.929. The van der Waals surface area contributed by atoms with Gasteiger partial charge in [-0.3, -0.25) is 0 Å². The first-order valence-electron chi connectivity index (χ1n) is 3.38. The lowest BCUT2D eigenvalue weighted by Crippen LogP contribution is -1.99. The van der Waals surface area contributed by atoms with Gasteiger partial charge in [0.25, 0.3) is 0 Å². The van der Waals surface area contributed by atoms with Gasteiger partial charge in [-0.15, -0.1) is 0 Å². The summed E-state index contributed by atoms with van der Waals surface area (Å²) in [5.41, 5.74) is -0.0394. The summed E-state index contributed by atoms with van der Waals surface area (Å²) in [6, 6.07) is 5.27. The van der Waals surface area contributed by atoms with Crippen molar-refractivity contribution in [2.45, 2.75) is 4.90 Å². The van der Waals surface area contributed by atoms with Crippen LogP contribution in [0.1, 0.15) is 5.56 Å². The first-order valence-corrected chi connectivity index (χ1v) is 5.27. The van der Waals surface area contributed by atoms with Crippen LogP contribution in [0.5, 0.6) is 5.75 Å². The second-order valence-electron chi connectivity index (χ2n) is 2.56. The van der Waals surface area contributed by atoms with Gasteiger partial charge < -0.3 is 5.11 Å². The number of aromatic hydroxyl groups is 1. The summed E-state index contributed by atoms with van der Waals surface area (Å²) < 4.78 is 22.2. The first kappa shape index (κ1) is 9.55. The van der Waals surface area contributed by atoms with Crippen molar-refractivity contribution >= 4 is 9.84 Å². The molecular formula is C8H7NO3S. The SMILES string of the molecule is CS(=O)(=O)c1ccc(O)cc1C#N. The molecule has 0 amide bonds.